The Hall–Kier alpha value is -3.38. The largest absolute Gasteiger partial charge is 0.507 e. The molecule has 33 heavy (non-hydrogen) atoms. The number of benzene rings is 2. The highest BCUT2D eigenvalue weighted by molar-refractivity contribution is 6.14. The Labute approximate surface area is 194 Å². The molecule has 4 rings (SSSR count). The molecule has 6 heteroatoms. The van der Waals surface area contributed by atoms with Crippen molar-refractivity contribution in [3.05, 3.63) is 76.6 Å². The molecule has 2 aromatic rings. The quantitative estimate of drug-likeness (QED) is 0.513. The third-order valence-corrected chi connectivity index (χ3v) is 6.15. The molecule has 0 atom stereocenters. The minimum atomic E-state index is -0.178. The van der Waals surface area contributed by atoms with Crippen molar-refractivity contribution in [2.45, 2.75) is 33.2 Å². The van der Waals surface area contributed by atoms with Crippen molar-refractivity contribution in [3.8, 4) is 11.5 Å². The molecule has 0 saturated carbocycles. The zero-order valence-electron chi connectivity index (χ0n) is 19.0. The highest BCUT2D eigenvalue weighted by Crippen LogP contribution is 2.42. The van der Waals surface area contributed by atoms with Gasteiger partial charge in [0, 0.05) is 6.54 Å². The summed E-state index contributed by atoms with van der Waals surface area (Å²) in [5, 5.41) is 10.7. The van der Waals surface area contributed by atoms with Gasteiger partial charge in [0.2, 0.25) is 5.78 Å². The van der Waals surface area contributed by atoms with Gasteiger partial charge in [0.15, 0.2) is 5.76 Å². The Morgan fingerprint density at radius 1 is 1.24 bits per heavy atom. The molecule has 2 aliphatic rings. The predicted molar refractivity (Wildman–Crippen MR) is 126 cm³/mol. The van der Waals surface area contributed by atoms with Crippen LogP contribution in [0.4, 0.5) is 0 Å². The minimum Gasteiger partial charge on any atom is -0.507 e. The lowest BCUT2D eigenvalue weighted by molar-refractivity contribution is -0.149. The van der Waals surface area contributed by atoms with Gasteiger partial charge in [-0.1, -0.05) is 42.5 Å². The summed E-state index contributed by atoms with van der Waals surface area (Å²) < 4.78 is 11.1. The van der Waals surface area contributed by atoms with Gasteiger partial charge in [-0.2, -0.15) is 0 Å². The second kappa shape index (κ2) is 10.0. The summed E-state index contributed by atoms with van der Waals surface area (Å²) in [6, 6.07) is 11.4. The van der Waals surface area contributed by atoms with Crippen LogP contribution in [0.25, 0.3) is 6.08 Å². The van der Waals surface area contributed by atoms with Crippen LogP contribution < -0.4 is 4.74 Å². The van der Waals surface area contributed by atoms with E-state index in [4.69, 9.17) is 9.47 Å². The fraction of sp³-hybridized carbons (Fsp3) is 0.333. The monoisotopic (exact) mass is 447 g/mol. The van der Waals surface area contributed by atoms with Crippen LogP contribution in [0.1, 0.15) is 46.8 Å². The molecule has 0 aromatic heterocycles. The molecule has 172 valence electrons. The van der Waals surface area contributed by atoms with Crippen LogP contribution in [0.5, 0.6) is 11.5 Å². The number of rotatable bonds is 6. The number of carbonyl (C=O) groups is 2. The van der Waals surface area contributed by atoms with Crippen LogP contribution in [0, 0.1) is 12.8 Å². The number of carbonyl (C=O) groups excluding carboxylic acids is 2. The summed E-state index contributed by atoms with van der Waals surface area (Å²) in [6.07, 6.45) is 6.79. The Bertz CT molecular complexity index is 1100. The minimum absolute atomic E-state index is 0.0812. The summed E-state index contributed by atoms with van der Waals surface area (Å²) in [4.78, 5) is 27.2. The van der Waals surface area contributed by atoms with E-state index in [2.05, 4.69) is 4.90 Å². The molecule has 0 amide bonds. The topological polar surface area (TPSA) is 76.1 Å². The Balaban J connectivity index is 1.50. The van der Waals surface area contributed by atoms with Crippen molar-refractivity contribution in [1.29, 1.82) is 0 Å². The Morgan fingerprint density at radius 2 is 1.97 bits per heavy atom. The second-order valence-electron chi connectivity index (χ2n) is 8.43. The van der Waals surface area contributed by atoms with Crippen molar-refractivity contribution < 1.29 is 24.2 Å². The molecule has 0 spiro atoms. The predicted octanol–water partition coefficient (Wildman–Crippen LogP) is 4.65. The van der Waals surface area contributed by atoms with Crippen LogP contribution in [-0.2, 0) is 16.1 Å². The van der Waals surface area contributed by atoms with Crippen LogP contribution in [0.2, 0.25) is 0 Å². The highest BCUT2D eigenvalue weighted by atomic mass is 16.5. The van der Waals surface area contributed by atoms with E-state index >= 15 is 0 Å². The molecule has 2 heterocycles. The standard InChI is InChI=1S/C27H29NO5/c1-3-32-27(31)20-12-14-28(15-13-20)17-21-22(29)16-18(2)24-25(30)23(33-26(21)24)11-7-10-19-8-5-4-6-9-19/h4-11,16,20,29H,3,12-15,17H2,1-2H3/b10-7+,23-11-. The van der Waals surface area contributed by atoms with Gasteiger partial charge < -0.3 is 14.6 Å². The van der Waals surface area contributed by atoms with Crippen molar-refractivity contribution >= 4 is 17.8 Å². The highest BCUT2D eigenvalue weighted by Gasteiger charge is 2.34. The van der Waals surface area contributed by atoms with Crippen LogP contribution in [0.3, 0.4) is 0 Å². The van der Waals surface area contributed by atoms with Gasteiger partial charge in [-0.25, -0.2) is 0 Å². The molecule has 1 saturated heterocycles. The summed E-state index contributed by atoms with van der Waals surface area (Å²) in [6.45, 7) is 5.88. The van der Waals surface area contributed by atoms with E-state index in [-0.39, 0.29) is 29.2 Å². The van der Waals surface area contributed by atoms with E-state index in [0.29, 0.717) is 61.5 Å². The van der Waals surface area contributed by atoms with E-state index in [1.54, 1.807) is 25.1 Å². The lowest BCUT2D eigenvalue weighted by Gasteiger charge is -2.31. The zero-order valence-corrected chi connectivity index (χ0v) is 19.0. The van der Waals surface area contributed by atoms with E-state index < -0.39 is 0 Å². The number of hydrogen-bond donors (Lipinski definition) is 1. The van der Waals surface area contributed by atoms with Gasteiger partial charge in [0.1, 0.15) is 11.5 Å². The van der Waals surface area contributed by atoms with E-state index in [1.807, 2.05) is 43.3 Å². The third-order valence-electron chi connectivity index (χ3n) is 6.15. The van der Waals surface area contributed by atoms with Crippen LogP contribution >= 0.6 is 0 Å². The fourth-order valence-corrected chi connectivity index (χ4v) is 4.37. The maximum absolute atomic E-state index is 13.0. The lowest BCUT2D eigenvalue weighted by atomic mass is 9.95. The Kier molecular flexibility index (Phi) is 6.94. The molecule has 1 N–H and O–H groups in total. The summed E-state index contributed by atoms with van der Waals surface area (Å²) in [7, 11) is 0. The van der Waals surface area contributed by atoms with Gasteiger partial charge in [-0.05, 0) is 63.0 Å². The molecule has 6 nitrogen and oxygen atoms in total. The number of fused-ring (bicyclic) bond motifs is 1. The summed E-state index contributed by atoms with van der Waals surface area (Å²) in [5.41, 5.74) is 2.82. The first kappa shape index (κ1) is 22.8. The average molecular weight is 448 g/mol. The first-order valence-corrected chi connectivity index (χ1v) is 11.4. The SMILES string of the molecule is CCOC(=O)C1CCN(Cc2c(O)cc(C)c3c2O/C(=C\C=C\c2ccccc2)C3=O)CC1. The smallest absolute Gasteiger partial charge is 0.309 e. The van der Waals surface area contributed by atoms with Gasteiger partial charge in [-0.3, -0.25) is 14.5 Å². The molecular weight excluding hydrogens is 418 g/mol. The number of ketones is 1. The molecule has 0 unspecified atom stereocenters. The van der Waals surface area contributed by atoms with Crippen LogP contribution in [-0.4, -0.2) is 41.5 Å². The van der Waals surface area contributed by atoms with Gasteiger partial charge in [0.05, 0.1) is 23.7 Å². The fourth-order valence-electron chi connectivity index (χ4n) is 4.37. The number of piperidine rings is 1. The maximum atomic E-state index is 13.0. The molecule has 1 fully saturated rings. The third kappa shape index (κ3) is 5.01. The number of esters is 1. The number of phenols is 1. The molecular formula is C27H29NO5. The number of ether oxygens (including phenoxy) is 2. The number of likely N-dealkylation sites (tertiary alicyclic amines) is 1. The van der Waals surface area contributed by atoms with E-state index in [1.165, 1.54) is 0 Å². The second-order valence-corrected chi connectivity index (χ2v) is 8.43. The van der Waals surface area contributed by atoms with Gasteiger partial charge in [-0.15, -0.1) is 0 Å². The molecule has 2 aromatic carbocycles. The first-order valence-electron chi connectivity index (χ1n) is 11.4. The maximum Gasteiger partial charge on any atom is 0.309 e. The summed E-state index contributed by atoms with van der Waals surface area (Å²) >= 11 is 0. The van der Waals surface area contributed by atoms with Crippen molar-refractivity contribution in [2.75, 3.05) is 19.7 Å². The van der Waals surface area contributed by atoms with Gasteiger partial charge in [0.25, 0.3) is 0 Å². The van der Waals surface area contributed by atoms with Gasteiger partial charge >= 0.3 is 5.97 Å². The number of nitrogens with zero attached hydrogens (tertiary/aromatic N) is 1. The van der Waals surface area contributed by atoms with Crippen molar-refractivity contribution in [2.24, 2.45) is 5.92 Å². The number of Topliss-reactive ketones (excluding diaryl/α,β-unsaturated/α-hetero) is 1. The first-order chi connectivity index (χ1) is 16.0. The molecule has 0 bridgehead atoms. The summed E-state index contributed by atoms with van der Waals surface area (Å²) in [5.74, 6) is 0.401. The number of hydrogen-bond acceptors (Lipinski definition) is 6. The Morgan fingerprint density at radius 3 is 2.67 bits per heavy atom. The molecule has 0 aliphatic carbocycles. The zero-order chi connectivity index (χ0) is 23.4. The van der Waals surface area contributed by atoms with Crippen LogP contribution in [0.15, 0.2) is 54.3 Å². The number of phenolic OH excluding ortho intramolecular Hbond substituents is 1. The lowest BCUT2D eigenvalue weighted by Crippen LogP contribution is -2.36. The molecule has 2 aliphatic heterocycles. The van der Waals surface area contributed by atoms with E-state index in [9.17, 15) is 14.7 Å². The van der Waals surface area contributed by atoms with Crippen molar-refractivity contribution in [3.63, 3.8) is 0 Å². The normalized spacial score (nSPS) is 18.0. The number of aryl methyl sites for hydroxylation is 1. The van der Waals surface area contributed by atoms with Crippen molar-refractivity contribution in [1.82, 2.24) is 4.90 Å². The number of aromatic hydroxyl groups is 1. The number of allylic oxidation sites excluding steroid dienone is 3. The van der Waals surface area contributed by atoms with E-state index in [0.717, 1.165) is 5.56 Å². The average Bonchev–Trinajstić information content (AvgIpc) is 3.14. The molecule has 0 radical (unpaired) electrons.